The molecular weight excluding hydrogens is 409 g/mol. The van der Waals surface area contributed by atoms with E-state index in [0.29, 0.717) is 6.42 Å². The molecule has 0 aromatic carbocycles. The standard InChI is InChI=1S/C16H33N3O3.HI/c1-4-6-13-22-14-9-12-19-16(17-5-2)18-11-8-7-10-15(20)21-3;/h4-14H2,1-3H3,(H2,17,18,19);1H. The number of halogens is 1. The maximum Gasteiger partial charge on any atom is 0.305 e. The zero-order valence-electron chi connectivity index (χ0n) is 14.9. The smallest absolute Gasteiger partial charge is 0.305 e. The Kier molecular flexibility index (Phi) is 20.9. The summed E-state index contributed by atoms with van der Waals surface area (Å²) in [7, 11) is 1.42. The number of methoxy groups -OCH3 is 1. The Balaban J connectivity index is 0. The van der Waals surface area contributed by atoms with Crippen LogP contribution in [0, 0.1) is 0 Å². The summed E-state index contributed by atoms with van der Waals surface area (Å²) in [4.78, 5) is 15.5. The molecule has 0 aromatic heterocycles. The maximum absolute atomic E-state index is 11.0. The zero-order valence-corrected chi connectivity index (χ0v) is 17.2. The van der Waals surface area contributed by atoms with E-state index in [2.05, 4.69) is 27.3 Å². The largest absolute Gasteiger partial charge is 0.469 e. The fourth-order valence-corrected chi connectivity index (χ4v) is 1.75. The van der Waals surface area contributed by atoms with Gasteiger partial charge >= 0.3 is 5.97 Å². The Hall–Kier alpha value is -0.570. The second-order valence-corrected chi connectivity index (χ2v) is 5.04. The molecule has 0 aliphatic rings. The molecule has 2 N–H and O–H groups in total. The molecule has 0 aliphatic carbocycles. The van der Waals surface area contributed by atoms with E-state index in [1.807, 2.05) is 6.92 Å². The summed E-state index contributed by atoms with van der Waals surface area (Å²) < 4.78 is 10.1. The molecule has 0 spiro atoms. The van der Waals surface area contributed by atoms with Crippen LogP contribution in [0.25, 0.3) is 0 Å². The van der Waals surface area contributed by atoms with E-state index in [1.165, 1.54) is 13.5 Å². The molecule has 0 aromatic rings. The summed E-state index contributed by atoms with van der Waals surface area (Å²) in [5.74, 6) is 0.678. The molecule has 0 aliphatic heterocycles. The van der Waals surface area contributed by atoms with Crippen LogP contribution in [0.4, 0.5) is 0 Å². The molecule has 0 bridgehead atoms. The molecule has 0 saturated heterocycles. The first-order valence-electron chi connectivity index (χ1n) is 8.41. The molecule has 0 atom stereocenters. The first-order valence-corrected chi connectivity index (χ1v) is 8.41. The van der Waals surface area contributed by atoms with Gasteiger partial charge in [-0.25, -0.2) is 0 Å². The van der Waals surface area contributed by atoms with Crippen LogP contribution in [0.15, 0.2) is 4.99 Å². The van der Waals surface area contributed by atoms with Crippen molar-refractivity contribution in [3.63, 3.8) is 0 Å². The molecule has 0 fully saturated rings. The first-order chi connectivity index (χ1) is 10.7. The highest BCUT2D eigenvalue weighted by Crippen LogP contribution is 1.95. The molecule has 0 amide bonds. The Morgan fingerprint density at radius 2 is 1.78 bits per heavy atom. The van der Waals surface area contributed by atoms with Gasteiger partial charge in [0, 0.05) is 39.3 Å². The zero-order chi connectivity index (χ0) is 16.5. The van der Waals surface area contributed by atoms with Gasteiger partial charge in [-0.3, -0.25) is 9.79 Å². The summed E-state index contributed by atoms with van der Waals surface area (Å²) in [5, 5.41) is 6.48. The van der Waals surface area contributed by atoms with Crippen LogP contribution in [0.2, 0.25) is 0 Å². The van der Waals surface area contributed by atoms with Crippen LogP contribution < -0.4 is 10.6 Å². The number of unbranched alkanes of at least 4 members (excludes halogenated alkanes) is 2. The highest BCUT2D eigenvalue weighted by molar-refractivity contribution is 14.0. The van der Waals surface area contributed by atoms with Crippen molar-refractivity contribution in [2.75, 3.05) is 40.0 Å². The molecule has 0 rings (SSSR count). The number of ether oxygens (including phenoxy) is 2. The molecule has 0 saturated carbocycles. The topological polar surface area (TPSA) is 72.0 Å². The van der Waals surface area contributed by atoms with Gasteiger partial charge in [-0.05, 0) is 32.6 Å². The lowest BCUT2D eigenvalue weighted by atomic mass is 10.2. The number of nitrogens with zero attached hydrogens (tertiary/aromatic N) is 1. The minimum absolute atomic E-state index is 0. The summed E-state index contributed by atoms with van der Waals surface area (Å²) >= 11 is 0. The van der Waals surface area contributed by atoms with E-state index in [-0.39, 0.29) is 29.9 Å². The fraction of sp³-hybridized carbons (Fsp3) is 0.875. The molecule has 0 radical (unpaired) electrons. The predicted octanol–water partition coefficient (Wildman–Crippen LogP) is 2.71. The number of hydrogen-bond acceptors (Lipinski definition) is 4. The molecule has 23 heavy (non-hydrogen) atoms. The number of esters is 1. The lowest BCUT2D eigenvalue weighted by Gasteiger charge is -2.11. The first kappa shape index (κ1) is 24.7. The third-order valence-electron chi connectivity index (χ3n) is 3.03. The van der Waals surface area contributed by atoms with Crippen molar-refractivity contribution in [3.8, 4) is 0 Å². The van der Waals surface area contributed by atoms with Crippen molar-refractivity contribution < 1.29 is 14.3 Å². The van der Waals surface area contributed by atoms with Gasteiger partial charge in [0.2, 0.25) is 0 Å². The number of carbonyl (C=O) groups excluding carboxylic acids is 1. The summed E-state index contributed by atoms with van der Waals surface area (Å²) in [6.45, 7) is 8.21. The van der Waals surface area contributed by atoms with E-state index in [4.69, 9.17) is 4.74 Å². The minimum atomic E-state index is -0.149. The number of carbonyl (C=O) groups is 1. The van der Waals surface area contributed by atoms with Crippen molar-refractivity contribution in [1.82, 2.24) is 10.6 Å². The van der Waals surface area contributed by atoms with Crippen LogP contribution >= 0.6 is 24.0 Å². The molecule has 6 nitrogen and oxygen atoms in total. The highest BCUT2D eigenvalue weighted by atomic mass is 127. The van der Waals surface area contributed by atoms with Crippen LogP contribution in [0.1, 0.15) is 52.4 Å². The van der Waals surface area contributed by atoms with E-state index < -0.39 is 0 Å². The van der Waals surface area contributed by atoms with Gasteiger partial charge in [-0.2, -0.15) is 0 Å². The van der Waals surface area contributed by atoms with Gasteiger partial charge in [0.25, 0.3) is 0 Å². The van der Waals surface area contributed by atoms with Gasteiger partial charge in [0.05, 0.1) is 7.11 Å². The van der Waals surface area contributed by atoms with Crippen molar-refractivity contribution in [2.24, 2.45) is 4.99 Å². The lowest BCUT2D eigenvalue weighted by Crippen LogP contribution is -2.38. The van der Waals surface area contributed by atoms with E-state index in [9.17, 15) is 4.79 Å². The van der Waals surface area contributed by atoms with Crippen LogP contribution in [0.3, 0.4) is 0 Å². The summed E-state index contributed by atoms with van der Waals surface area (Å²) in [5.41, 5.74) is 0. The van der Waals surface area contributed by atoms with E-state index in [1.54, 1.807) is 0 Å². The minimum Gasteiger partial charge on any atom is -0.469 e. The van der Waals surface area contributed by atoms with Crippen molar-refractivity contribution in [3.05, 3.63) is 0 Å². The number of nitrogens with one attached hydrogen (secondary N) is 2. The van der Waals surface area contributed by atoms with Gasteiger partial charge < -0.3 is 20.1 Å². The number of rotatable bonds is 13. The quantitative estimate of drug-likeness (QED) is 0.151. The van der Waals surface area contributed by atoms with Crippen molar-refractivity contribution in [1.29, 1.82) is 0 Å². The Morgan fingerprint density at radius 3 is 2.43 bits per heavy atom. The third kappa shape index (κ3) is 17.6. The van der Waals surface area contributed by atoms with Gasteiger partial charge in [-0.15, -0.1) is 24.0 Å². The SMILES string of the molecule is CCCCOCCCN=C(NCC)NCCCCC(=O)OC.I. The van der Waals surface area contributed by atoms with Gasteiger partial charge in [0.1, 0.15) is 0 Å². The number of hydrogen-bond donors (Lipinski definition) is 2. The fourth-order valence-electron chi connectivity index (χ4n) is 1.75. The molecule has 7 heteroatoms. The predicted molar refractivity (Wildman–Crippen MR) is 106 cm³/mol. The molecule has 0 unspecified atom stereocenters. The monoisotopic (exact) mass is 443 g/mol. The van der Waals surface area contributed by atoms with Gasteiger partial charge in [0.15, 0.2) is 5.96 Å². The molecule has 138 valence electrons. The normalized spacial score (nSPS) is 10.8. The summed E-state index contributed by atoms with van der Waals surface area (Å²) in [6.07, 6.45) is 5.44. The second-order valence-electron chi connectivity index (χ2n) is 5.04. The lowest BCUT2D eigenvalue weighted by molar-refractivity contribution is -0.140. The highest BCUT2D eigenvalue weighted by Gasteiger charge is 2.00. The van der Waals surface area contributed by atoms with Crippen molar-refractivity contribution in [2.45, 2.75) is 52.4 Å². The van der Waals surface area contributed by atoms with Crippen molar-refractivity contribution >= 4 is 35.9 Å². The van der Waals surface area contributed by atoms with E-state index >= 15 is 0 Å². The average molecular weight is 443 g/mol. The Labute approximate surface area is 158 Å². The van der Waals surface area contributed by atoms with Crippen LogP contribution in [-0.2, 0) is 14.3 Å². The average Bonchev–Trinajstić information content (AvgIpc) is 2.53. The molecule has 0 heterocycles. The Bertz CT molecular complexity index is 302. The molecular formula is C16H34IN3O3. The van der Waals surface area contributed by atoms with Crippen LogP contribution in [0.5, 0.6) is 0 Å². The third-order valence-corrected chi connectivity index (χ3v) is 3.03. The maximum atomic E-state index is 11.0. The second kappa shape index (κ2) is 19.5. The number of aliphatic imine (C=N–C) groups is 1. The van der Waals surface area contributed by atoms with E-state index in [0.717, 1.165) is 64.5 Å². The van der Waals surface area contributed by atoms with Crippen LogP contribution in [-0.4, -0.2) is 51.9 Å². The summed E-state index contributed by atoms with van der Waals surface area (Å²) in [6, 6.07) is 0. The Morgan fingerprint density at radius 1 is 1.04 bits per heavy atom. The number of guanidine groups is 1. The van der Waals surface area contributed by atoms with Gasteiger partial charge in [-0.1, -0.05) is 13.3 Å².